The van der Waals surface area contributed by atoms with Crippen LogP contribution in [-0.2, 0) is 10.0 Å². The number of nitrogens with two attached hydrogens (primary N) is 1. The van der Waals surface area contributed by atoms with Gasteiger partial charge in [-0.15, -0.1) is 0 Å². The Balaban J connectivity index is 1.58. The van der Waals surface area contributed by atoms with Gasteiger partial charge in [0.2, 0.25) is 10.0 Å². The minimum atomic E-state index is -3.73. The average molecular weight is 460 g/mol. The molecular formula is C22H22ClN3O2S2. The minimum absolute atomic E-state index is 0.101. The van der Waals surface area contributed by atoms with Crippen LogP contribution in [0.15, 0.2) is 53.4 Å². The van der Waals surface area contributed by atoms with Crippen LogP contribution in [0.4, 0.5) is 5.13 Å². The Kier molecular flexibility index (Phi) is 4.35. The van der Waals surface area contributed by atoms with E-state index < -0.39 is 10.0 Å². The van der Waals surface area contributed by atoms with E-state index in [1.807, 2.05) is 24.3 Å². The quantitative estimate of drug-likeness (QED) is 0.594. The molecule has 3 aromatic rings. The molecule has 1 saturated carbocycles. The molecule has 0 radical (unpaired) electrons. The highest BCUT2D eigenvalue weighted by Crippen LogP contribution is 2.68. The summed E-state index contributed by atoms with van der Waals surface area (Å²) in [4.78, 5) is 8.51. The SMILES string of the molecule is C[C@@]12CN(c3nc(-c4ccc(Cl)cc4)c(-c4ccc(S(N)(=O)=O)cc4)s3)C[C@]1(C)C2. The van der Waals surface area contributed by atoms with Crippen molar-refractivity contribution in [3.63, 3.8) is 0 Å². The van der Waals surface area contributed by atoms with Gasteiger partial charge in [0.05, 0.1) is 15.5 Å². The second-order valence-corrected chi connectivity index (χ2v) is 11.9. The van der Waals surface area contributed by atoms with Gasteiger partial charge < -0.3 is 4.90 Å². The summed E-state index contributed by atoms with van der Waals surface area (Å²) in [7, 11) is -3.73. The van der Waals surface area contributed by atoms with Gasteiger partial charge in [-0.3, -0.25) is 0 Å². The van der Waals surface area contributed by atoms with Gasteiger partial charge in [0.15, 0.2) is 5.13 Å². The van der Waals surface area contributed by atoms with Crippen molar-refractivity contribution in [3.05, 3.63) is 53.6 Å². The lowest BCUT2D eigenvalue weighted by Crippen LogP contribution is -2.24. The van der Waals surface area contributed by atoms with Crippen LogP contribution in [0.1, 0.15) is 20.3 Å². The van der Waals surface area contributed by atoms with Crippen molar-refractivity contribution in [2.24, 2.45) is 16.0 Å². The Morgan fingerprint density at radius 3 is 2.13 bits per heavy atom. The third-order valence-electron chi connectivity index (χ3n) is 6.64. The minimum Gasteiger partial charge on any atom is -0.347 e. The molecule has 1 saturated heterocycles. The Bertz CT molecular complexity index is 1220. The van der Waals surface area contributed by atoms with Gasteiger partial charge >= 0.3 is 0 Å². The summed E-state index contributed by atoms with van der Waals surface area (Å²) in [6, 6.07) is 14.3. The third-order valence-corrected chi connectivity index (χ3v) is 8.99. The van der Waals surface area contributed by atoms with E-state index in [1.54, 1.807) is 35.6 Å². The molecule has 8 heteroatoms. The van der Waals surface area contributed by atoms with E-state index in [9.17, 15) is 8.42 Å². The maximum absolute atomic E-state index is 11.6. The molecule has 2 aliphatic rings. The molecule has 0 bridgehead atoms. The van der Waals surface area contributed by atoms with Crippen LogP contribution < -0.4 is 10.0 Å². The highest BCUT2D eigenvalue weighted by atomic mass is 35.5. The number of nitrogens with zero attached hydrogens (tertiary/aromatic N) is 2. The lowest BCUT2D eigenvalue weighted by atomic mass is 10.0. The maximum atomic E-state index is 11.6. The van der Waals surface area contributed by atoms with Crippen LogP contribution in [-0.4, -0.2) is 26.5 Å². The van der Waals surface area contributed by atoms with E-state index in [1.165, 1.54) is 6.42 Å². The lowest BCUT2D eigenvalue weighted by Gasteiger charge is -2.18. The number of thiazole rings is 1. The summed E-state index contributed by atoms with van der Waals surface area (Å²) in [6.45, 7) is 6.74. The zero-order valence-corrected chi connectivity index (χ0v) is 19.1. The monoisotopic (exact) mass is 459 g/mol. The summed E-state index contributed by atoms with van der Waals surface area (Å²) in [6.07, 6.45) is 1.27. The van der Waals surface area contributed by atoms with Crippen molar-refractivity contribution >= 4 is 38.1 Å². The lowest BCUT2D eigenvalue weighted by molar-refractivity contribution is 0.494. The van der Waals surface area contributed by atoms with Gasteiger partial charge in [0.25, 0.3) is 0 Å². The Morgan fingerprint density at radius 1 is 1.00 bits per heavy atom. The largest absolute Gasteiger partial charge is 0.347 e. The van der Waals surface area contributed by atoms with E-state index in [-0.39, 0.29) is 4.90 Å². The smallest absolute Gasteiger partial charge is 0.238 e. The molecule has 1 aliphatic carbocycles. The number of hydrogen-bond acceptors (Lipinski definition) is 5. The molecule has 2 atom stereocenters. The van der Waals surface area contributed by atoms with Crippen molar-refractivity contribution in [1.82, 2.24) is 4.98 Å². The van der Waals surface area contributed by atoms with Gasteiger partial charge in [-0.25, -0.2) is 18.5 Å². The second-order valence-electron chi connectivity index (χ2n) is 8.90. The fraction of sp³-hybridized carbons (Fsp3) is 0.318. The van der Waals surface area contributed by atoms with E-state index in [0.29, 0.717) is 15.9 Å². The molecule has 1 aromatic heterocycles. The first kappa shape index (κ1) is 20.0. The first-order valence-corrected chi connectivity index (χ1v) is 12.5. The highest BCUT2D eigenvalue weighted by Gasteiger charge is 2.66. The maximum Gasteiger partial charge on any atom is 0.238 e. The number of piperidine rings is 1. The van der Waals surface area contributed by atoms with Crippen molar-refractivity contribution in [3.8, 4) is 21.7 Å². The molecule has 0 spiro atoms. The summed E-state index contributed by atoms with van der Waals surface area (Å²) < 4.78 is 23.2. The fourth-order valence-electron chi connectivity index (χ4n) is 4.58. The number of halogens is 1. The number of primary sulfonamides is 1. The number of hydrogen-bond donors (Lipinski definition) is 1. The first-order valence-electron chi connectivity index (χ1n) is 9.73. The molecular weight excluding hydrogens is 438 g/mol. The molecule has 2 heterocycles. The molecule has 0 unspecified atom stereocenters. The predicted octanol–water partition coefficient (Wildman–Crippen LogP) is 5.01. The van der Waals surface area contributed by atoms with Gasteiger partial charge in [-0.1, -0.05) is 61.1 Å². The molecule has 156 valence electrons. The summed E-state index contributed by atoms with van der Waals surface area (Å²) in [5, 5.41) is 6.93. The molecule has 2 fully saturated rings. The van der Waals surface area contributed by atoms with Gasteiger partial charge in [0, 0.05) is 23.7 Å². The van der Waals surface area contributed by atoms with Gasteiger partial charge in [0.1, 0.15) is 0 Å². The summed E-state index contributed by atoms with van der Waals surface area (Å²) in [5.74, 6) is 0. The Labute approximate surface area is 185 Å². The van der Waals surface area contributed by atoms with Crippen molar-refractivity contribution < 1.29 is 8.42 Å². The fourth-order valence-corrected chi connectivity index (χ4v) is 6.32. The number of fused-ring (bicyclic) bond motifs is 1. The van der Waals surface area contributed by atoms with Crippen molar-refractivity contribution in [2.45, 2.75) is 25.2 Å². The number of benzene rings is 2. The van der Waals surface area contributed by atoms with Crippen molar-refractivity contribution in [1.29, 1.82) is 0 Å². The molecule has 5 rings (SSSR count). The molecule has 5 nitrogen and oxygen atoms in total. The van der Waals surface area contributed by atoms with Crippen molar-refractivity contribution in [2.75, 3.05) is 18.0 Å². The standard InChI is InChI=1S/C22H22ClN3O2S2/c1-21-11-22(21,2)13-26(12-21)20-25-18(14-3-7-16(23)8-4-14)19(29-20)15-5-9-17(10-6-15)30(24,27)28/h3-10H,11-13H2,1-2H3,(H2,24,27,28)/t21-,22+. The number of anilines is 1. The van der Waals surface area contributed by atoms with E-state index in [4.69, 9.17) is 21.7 Å². The van der Waals surface area contributed by atoms with E-state index in [0.717, 1.165) is 39.9 Å². The molecule has 30 heavy (non-hydrogen) atoms. The number of sulfonamides is 1. The van der Waals surface area contributed by atoms with Crippen LogP contribution in [0.25, 0.3) is 21.7 Å². The van der Waals surface area contributed by atoms with Crippen LogP contribution in [0.3, 0.4) is 0 Å². The zero-order chi connectivity index (χ0) is 21.3. The summed E-state index contributed by atoms with van der Waals surface area (Å²) >= 11 is 7.73. The van der Waals surface area contributed by atoms with E-state index in [2.05, 4.69) is 18.7 Å². The Hall–Kier alpha value is -1.93. The average Bonchev–Trinajstić information content (AvgIpc) is 2.99. The molecule has 1 aliphatic heterocycles. The highest BCUT2D eigenvalue weighted by molar-refractivity contribution is 7.89. The van der Waals surface area contributed by atoms with E-state index >= 15 is 0 Å². The van der Waals surface area contributed by atoms with Crippen LogP contribution in [0.5, 0.6) is 0 Å². The van der Waals surface area contributed by atoms with Crippen LogP contribution in [0, 0.1) is 10.8 Å². The third kappa shape index (κ3) is 3.24. The second kappa shape index (κ2) is 6.53. The van der Waals surface area contributed by atoms with Crippen LogP contribution in [0.2, 0.25) is 5.02 Å². The van der Waals surface area contributed by atoms with Gasteiger partial charge in [-0.05, 0) is 47.1 Å². The molecule has 0 amide bonds. The number of rotatable bonds is 4. The zero-order valence-electron chi connectivity index (χ0n) is 16.7. The molecule has 2 aromatic carbocycles. The summed E-state index contributed by atoms with van der Waals surface area (Å²) in [5.41, 5.74) is 3.52. The van der Waals surface area contributed by atoms with Gasteiger partial charge in [-0.2, -0.15) is 0 Å². The number of aromatic nitrogens is 1. The normalized spacial score (nSPS) is 25.4. The Morgan fingerprint density at radius 2 is 1.57 bits per heavy atom. The predicted molar refractivity (Wildman–Crippen MR) is 122 cm³/mol. The topological polar surface area (TPSA) is 76.3 Å². The first-order chi connectivity index (χ1) is 14.1. The molecule has 2 N–H and O–H groups in total. The van der Waals surface area contributed by atoms with Crippen LogP contribution >= 0.6 is 22.9 Å².